The molecule has 3 nitrogen and oxygen atoms in total. The highest BCUT2D eigenvalue weighted by Crippen LogP contribution is 2.26. The van der Waals surface area contributed by atoms with Crippen LogP contribution in [0.2, 0.25) is 0 Å². The van der Waals surface area contributed by atoms with Crippen LogP contribution in [0.15, 0.2) is 54.7 Å². The Labute approximate surface area is 137 Å². The maximum absolute atomic E-state index is 5.93. The van der Waals surface area contributed by atoms with Gasteiger partial charge in [0.15, 0.2) is 0 Å². The monoisotopic (exact) mass is 306 g/mol. The lowest BCUT2D eigenvalue weighted by molar-refractivity contribution is 0.304. The first-order chi connectivity index (χ1) is 11.1. The van der Waals surface area contributed by atoms with E-state index in [-0.39, 0.29) is 0 Å². The van der Waals surface area contributed by atoms with Gasteiger partial charge in [-0.3, -0.25) is 0 Å². The largest absolute Gasteiger partial charge is 0.489 e. The lowest BCUT2D eigenvalue weighted by atomic mass is 10.1. The van der Waals surface area contributed by atoms with Gasteiger partial charge in [0, 0.05) is 17.7 Å². The van der Waals surface area contributed by atoms with E-state index in [2.05, 4.69) is 55.0 Å². The van der Waals surface area contributed by atoms with Crippen LogP contribution in [0.25, 0.3) is 11.3 Å². The predicted molar refractivity (Wildman–Crippen MR) is 93.6 cm³/mol. The van der Waals surface area contributed by atoms with E-state index < -0.39 is 0 Å². The first-order valence-electron chi connectivity index (χ1n) is 7.96. The molecular formula is C20H22N2O. The standard InChI is InChI=1S/C20H22N2O/c1-14(2)20-21-12-18(22-20)17-9-10-19(15(3)11-17)23-13-16-7-5-4-6-8-16/h4-12,14H,13H2,1-3H3,(H,21,22). The number of aryl methyl sites for hydroxylation is 1. The van der Waals surface area contributed by atoms with Crippen molar-refractivity contribution in [2.45, 2.75) is 33.3 Å². The van der Waals surface area contributed by atoms with E-state index in [0.29, 0.717) is 12.5 Å². The summed E-state index contributed by atoms with van der Waals surface area (Å²) >= 11 is 0. The number of aromatic amines is 1. The summed E-state index contributed by atoms with van der Waals surface area (Å²) in [6, 6.07) is 16.4. The zero-order valence-corrected chi connectivity index (χ0v) is 13.8. The molecule has 0 radical (unpaired) electrons. The number of hydrogen-bond acceptors (Lipinski definition) is 2. The van der Waals surface area contributed by atoms with Crippen molar-refractivity contribution in [1.29, 1.82) is 0 Å². The van der Waals surface area contributed by atoms with E-state index in [4.69, 9.17) is 4.74 Å². The van der Waals surface area contributed by atoms with Gasteiger partial charge in [-0.2, -0.15) is 0 Å². The summed E-state index contributed by atoms with van der Waals surface area (Å²) in [5, 5.41) is 0. The maximum Gasteiger partial charge on any atom is 0.122 e. The van der Waals surface area contributed by atoms with Gasteiger partial charge >= 0.3 is 0 Å². The van der Waals surface area contributed by atoms with Gasteiger partial charge in [0.2, 0.25) is 0 Å². The molecule has 1 heterocycles. The van der Waals surface area contributed by atoms with Crippen LogP contribution < -0.4 is 4.74 Å². The quantitative estimate of drug-likeness (QED) is 0.713. The third kappa shape index (κ3) is 3.62. The lowest BCUT2D eigenvalue weighted by Gasteiger charge is -2.10. The average molecular weight is 306 g/mol. The third-order valence-electron chi connectivity index (χ3n) is 3.85. The van der Waals surface area contributed by atoms with Crippen molar-refractivity contribution in [3.63, 3.8) is 0 Å². The number of benzene rings is 2. The van der Waals surface area contributed by atoms with Gasteiger partial charge in [-0.25, -0.2) is 4.98 Å². The van der Waals surface area contributed by atoms with Gasteiger partial charge in [0.25, 0.3) is 0 Å². The van der Waals surface area contributed by atoms with Crippen LogP contribution in [-0.2, 0) is 6.61 Å². The number of aromatic nitrogens is 2. The first kappa shape index (κ1) is 15.3. The highest BCUT2D eigenvalue weighted by atomic mass is 16.5. The molecule has 0 fully saturated rings. The SMILES string of the molecule is Cc1cc(-c2c[nH]c(C(C)C)n2)ccc1OCc1ccccc1. The molecule has 0 bridgehead atoms. The van der Waals surface area contributed by atoms with E-state index in [1.54, 1.807) is 0 Å². The van der Waals surface area contributed by atoms with Crippen LogP contribution in [0.5, 0.6) is 5.75 Å². The van der Waals surface area contributed by atoms with Gasteiger partial charge in [0.05, 0.1) is 5.69 Å². The van der Waals surface area contributed by atoms with Crippen LogP contribution in [0, 0.1) is 6.92 Å². The minimum Gasteiger partial charge on any atom is -0.489 e. The minimum atomic E-state index is 0.401. The molecule has 0 spiro atoms. The fraction of sp³-hybridized carbons (Fsp3) is 0.250. The molecule has 1 N–H and O–H groups in total. The molecule has 1 aromatic heterocycles. The smallest absolute Gasteiger partial charge is 0.122 e. The Hall–Kier alpha value is -2.55. The fourth-order valence-electron chi connectivity index (χ4n) is 2.49. The second-order valence-corrected chi connectivity index (χ2v) is 6.08. The highest BCUT2D eigenvalue weighted by molar-refractivity contribution is 5.61. The van der Waals surface area contributed by atoms with E-state index in [9.17, 15) is 0 Å². The zero-order chi connectivity index (χ0) is 16.2. The number of hydrogen-bond donors (Lipinski definition) is 1. The third-order valence-corrected chi connectivity index (χ3v) is 3.85. The lowest BCUT2D eigenvalue weighted by Crippen LogP contribution is -1.97. The van der Waals surface area contributed by atoms with E-state index in [1.807, 2.05) is 30.5 Å². The van der Waals surface area contributed by atoms with E-state index >= 15 is 0 Å². The molecule has 0 aliphatic carbocycles. The molecule has 0 saturated carbocycles. The van der Waals surface area contributed by atoms with Crippen molar-refractivity contribution in [3.05, 3.63) is 71.7 Å². The van der Waals surface area contributed by atoms with Crippen LogP contribution in [-0.4, -0.2) is 9.97 Å². The molecule has 3 aromatic rings. The van der Waals surface area contributed by atoms with E-state index in [1.165, 1.54) is 5.56 Å². The maximum atomic E-state index is 5.93. The molecule has 118 valence electrons. The molecule has 0 atom stereocenters. The summed E-state index contributed by atoms with van der Waals surface area (Å²) in [4.78, 5) is 7.89. The molecule has 0 aliphatic rings. The zero-order valence-electron chi connectivity index (χ0n) is 13.8. The van der Waals surface area contributed by atoms with E-state index in [0.717, 1.165) is 28.4 Å². The Morgan fingerprint density at radius 2 is 1.87 bits per heavy atom. The number of H-pyrrole nitrogens is 1. The minimum absolute atomic E-state index is 0.401. The Morgan fingerprint density at radius 3 is 2.52 bits per heavy atom. The van der Waals surface area contributed by atoms with Gasteiger partial charge in [0.1, 0.15) is 18.2 Å². The van der Waals surface area contributed by atoms with Crippen molar-refractivity contribution in [3.8, 4) is 17.0 Å². The number of rotatable bonds is 5. The molecule has 2 aromatic carbocycles. The number of nitrogens with zero attached hydrogens (tertiary/aromatic N) is 1. The summed E-state index contributed by atoms with van der Waals surface area (Å²) in [5.74, 6) is 2.33. The number of nitrogens with one attached hydrogen (secondary N) is 1. The summed E-state index contributed by atoms with van der Waals surface area (Å²) in [5.41, 5.74) is 4.38. The normalized spacial score (nSPS) is 11.0. The first-order valence-corrected chi connectivity index (χ1v) is 7.96. The molecule has 3 heteroatoms. The Kier molecular flexibility index (Phi) is 4.47. The predicted octanol–water partition coefficient (Wildman–Crippen LogP) is 5.09. The number of ether oxygens (including phenoxy) is 1. The van der Waals surface area contributed by atoms with Gasteiger partial charge in [-0.15, -0.1) is 0 Å². The molecule has 0 aliphatic heterocycles. The van der Waals surface area contributed by atoms with Gasteiger partial charge in [-0.1, -0.05) is 44.2 Å². The fourth-order valence-corrected chi connectivity index (χ4v) is 2.49. The summed E-state index contributed by atoms with van der Waals surface area (Å²) in [6.07, 6.45) is 1.97. The van der Waals surface area contributed by atoms with Crippen LogP contribution in [0.1, 0.15) is 36.7 Å². The van der Waals surface area contributed by atoms with Crippen molar-refractivity contribution in [2.24, 2.45) is 0 Å². The summed E-state index contributed by atoms with van der Waals surface area (Å²) < 4.78 is 5.93. The molecule has 23 heavy (non-hydrogen) atoms. The molecule has 0 amide bonds. The summed E-state index contributed by atoms with van der Waals surface area (Å²) in [7, 11) is 0. The molecular weight excluding hydrogens is 284 g/mol. The Morgan fingerprint density at radius 1 is 1.09 bits per heavy atom. The Bertz CT molecular complexity index is 775. The Balaban J connectivity index is 1.75. The van der Waals surface area contributed by atoms with Crippen molar-refractivity contribution in [1.82, 2.24) is 9.97 Å². The van der Waals surface area contributed by atoms with Crippen molar-refractivity contribution < 1.29 is 4.74 Å². The summed E-state index contributed by atoms with van der Waals surface area (Å²) in [6.45, 7) is 6.92. The van der Waals surface area contributed by atoms with Gasteiger partial charge in [-0.05, 0) is 36.2 Å². The molecule has 0 unspecified atom stereocenters. The second-order valence-electron chi connectivity index (χ2n) is 6.08. The van der Waals surface area contributed by atoms with Crippen molar-refractivity contribution >= 4 is 0 Å². The highest BCUT2D eigenvalue weighted by Gasteiger charge is 2.09. The second kappa shape index (κ2) is 6.69. The van der Waals surface area contributed by atoms with Crippen molar-refractivity contribution in [2.75, 3.05) is 0 Å². The molecule has 0 saturated heterocycles. The molecule has 3 rings (SSSR count). The van der Waals surface area contributed by atoms with Crippen LogP contribution >= 0.6 is 0 Å². The number of imidazole rings is 1. The van der Waals surface area contributed by atoms with Crippen LogP contribution in [0.4, 0.5) is 0 Å². The average Bonchev–Trinajstić information content (AvgIpc) is 3.05. The van der Waals surface area contributed by atoms with Crippen LogP contribution in [0.3, 0.4) is 0 Å². The topological polar surface area (TPSA) is 37.9 Å². The van der Waals surface area contributed by atoms with Gasteiger partial charge < -0.3 is 9.72 Å².